The molecule has 12 nitrogen and oxygen atoms in total. The van der Waals surface area contributed by atoms with Crippen LogP contribution in [0.4, 0.5) is 0 Å². The Morgan fingerprint density at radius 3 is 1.68 bits per heavy atom. The summed E-state index contributed by atoms with van der Waals surface area (Å²) in [5, 5.41) is 17.4. The molecule has 2 aromatic carbocycles. The van der Waals surface area contributed by atoms with E-state index in [1.165, 1.54) is 0 Å². The second-order valence-corrected chi connectivity index (χ2v) is 9.80. The molecule has 4 unspecified atom stereocenters. The molecule has 0 saturated heterocycles. The fourth-order valence-electron chi connectivity index (χ4n) is 4.15. The second kappa shape index (κ2) is 17.4. The molecule has 0 aliphatic heterocycles. The topological polar surface area (TPSA) is 220 Å². The van der Waals surface area contributed by atoms with Gasteiger partial charge in [0.2, 0.25) is 23.6 Å². The summed E-state index contributed by atoms with van der Waals surface area (Å²) < 4.78 is 0. The van der Waals surface area contributed by atoms with Gasteiger partial charge in [0.1, 0.15) is 18.1 Å². The fraction of sp³-hybridized carbons (Fsp3) is 0.414. The van der Waals surface area contributed by atoms with Crippen LogP contribution in [0.1, 0.15) is 43.2 Å². The smallest absolute Gasteiger partial charge is 0.326 e. The number of rotatable bonds is 18. The lowest BCUT2D eigenvalue weighted by Crippen LogP contribution is -2.57. The Morgan fingerprint density at radius 1 is 0.683 bits per heavy atom. The number of unbranched alkanes of at least 4 members (excludes halogenated alkanes) is 1. The second-order valence-electron chi connectivity index (χ2n) is 9.80. The number of carbonyl (C=O) groups excluding carboxylic acids is 4. The van der Waals surface area contributed by atoms with Crippen molar-refractivity contribution in [3.8, 4) is 0 Å². The first-order valence-electron chi connectivity index (χ1n) is 13.6. The first-order valence-corrected chi connectivity index (χ1v) is 13.6. The molecule has 0 saturated carbocycles. The number of hydrogen-bond donors (Lipinski definition) is 7. The van der Waals surface area contributed by atoms with Gasteiger partial charge in [-0.05, 0) is 49.8 Å². The van der Waals surface area contributed by atoms with E-state index >= 15 is 0 Å². The Balaban J connectivity index is 2.15. The lowest BCUT2D eigenvalue weighted by atomic mass is 10.0. The number of aliphatic carboxylic acids is 1. The molecule has 222 valence electrons. The number of nitrogens with one attached hydrogen (secondary N) is 3. The van der Waals surface area contributed by atoms with Crippen molar-refractivity contribution in [2.45, 2.75) is 69.1 Å². The van der Waals surface area contributed by atoms with E-state index in [1.54, 1.807) is 30.3 Å². The number of nitrogens with two attached hydrogens (primary N) is 3. The van der Waals surface area contributed by atoms with Gasteiger partial charge in [-0.25, -0.2) is 4.79 Å². The average Bonchev–Trinajstić information content (AvgIpc) is 2.95. The summed E-state index contributed by atoms with van der Waals surface area (Å²) in [6, 6.07) is 13.4. The third-order valence-electron chi connectivity index (χ3n) is 6.42. The maximum absolute atomic E-state index is 13.3. The van der Waals surface area contributed by atoms with Crippen LogP contribution in [0.25, 0.3) is 0 Å². The van der Waals surface area contributed by atoms with Gasteiger partial charge in [0.25, 0.3) is 0 Å². The third kappa shape index (κ3) is 12.2. The number of benzene rings is 2. The SMILES string of the molecule is NCCCCC(NC(=O)C(N)Cc1ccccc1)C(=O)NC(CCC(N)=O)C(=O)NC(Cc1ccccc1)C(=O)O. The minimum absolute atomic E-state index is 0.00940. The molecule has 0 aliphatic rings. The molecule has 0 bridgehead atoms. The molecular formula is C29H40N6O6. The Morgan fingerprint density at radius 2 is 1.17 bits per heavy atom. The van der Waals surface area contributed by atoms with Crippen molar-refractivity contribution in [2.24, 2.45) is 17.2 Å². The minimum atomic E-state index is -1.28. The van der Waals surface area contributed by atoms with Gasteiger partial charge in [-0.3, -0.25) is 19.2 Å². The van der Waals surface area contributed by atoms with Gasteiger partial charge in [0, 0.05) is 12.8 Å². The highest BCUT2D eigenvalue weighted by Gasteiger charge is 2.30. The molecule has 10 N–H and O–H groups in total. The zero-order valence-corrected chi connectivity index (χ0v) is 23.0. The number of carboxylic acid groups (broad SMARTS) is 1. The van der Waals surface area contributed by atoms with Crippen molar-refractivity contribution < 1.29 is 29.1 Å². The Kier molecular flexibility index (Phi) is 14.0. The van der Waals surface area contributed by atoms with Gasteiger partial charge in [-0.2, -0.15) is 0 Å². The number of carbonyl (C=O) groups is 5. The van der Waals surface area contributed by atoms with Gasteiger partial charge >= 0.3 is 5.97 Å². The zero-order chi connectivity index (χ0) is 30.2. The van der Waals surface area contributed by atoms with Crippen LogP contribution in [-0.4, -0.2) is 65.4 Å². The molecule has 0 radical (unpaired) electrons. The van der Waals surface area contributed by atoms with Crippen molar-refractivity contribution >= 4 is 29.6 Å². The number of primary amides is 1. The summed E-state index contributed by atoms with van der Waals surface area (Å²) >= 11 is 0. The standard InChI is InChI=1S/C29H40N6O6/c30-16-8-7-13-22(33-26(37)21(31)17-19-9-3-1-4-10-19)27(38)34-23(14-15-25(32)36)28(39)35-24(29(40)41)18-20-11-5-2-6-12-20/h1-6,9-12,21-24H,7-8,13-18,30-31H2,(H2,32,36)(H,33,37)(H,34,38)(H,35,39)(H,40,41). The first-order chi connectivity index (χ1) is 19.6. The summed E-state index contributed by atoms with van der Waals surface area (Å²) in [6.07, 6.45) is 1.20. The van der Waals surface area contributed by atoms with Crippen LogP contribution in [0, 0.1) is 0 Å². The Bertz CT molecular complexity index is 1150. The monoisotopic (exact) mass is 568 g/mol. The highest BCUT2D eigenvalue weighted by atomic mass is 16.4. The van der Waals surface area contributed by atoms with E-state index in [9.17, 15) is 29.1 Å². The molecule has 4 amide bonds. The molecular weight excluding hydrogens is 528 g/mol. The number of amides is 4. The first kappa shape index (κ1) is 32.9. The van der Waals surface area contributed by atoms with Crippen LogP contribution >= 0.6 is 0 Å². The molecule has 41 heavy (non-hydrogen) atoms. The van der Waals surface area contributed by atoms with Crippen molar-refractivity contribution in [2.75, 3.05) is 6.54 Å². The lowest BCUT2D eigenvalue weighted by molar-refractivity contribution is -0.142. The van der Waals surface area contributed by atoms with E-state index in [-0.39, 0.29) is 32.1 Å². The van der Waals surface area contributed by atoms with Gasteiger partial charge in [0.15, 0.2) is 0 Å². The quantitative estimate of drug-likeness (QED) is 0.118. The minimum Gasteiger partial charge on any atom is -0.480 e. The molecule has 0 aliphatic carbocycles. The lowest BCUT2D eigenvalue weighted by Gasteiger charge is -2.25. The van der Waals surface area contributed by atoms with Crippen LogP contribution in [-0.2, 0) is 36.8 Å². The molecule has 12 heteroatoms. The van der Waals surface area contributed by atoms with Crippen LogP contribution in [0.3, 0.4) is 0 Å². The van der Waals surface area contributed by atoms with Crippen LogP contribution < -0.4 is 33.2 Å². The predicted octanol–water partition coefficient (Wildman–Crippen LogP) is -0.267. The van der Waals surface area contributed by atoms with Gasteiger partial charge < -0.3 is 38.3 Å². The molecule has 0 fully saturated rings. The third-order valence-corrected chi connectivity index (χ3v) is 6.42. The number of hydrogen-bond acceptors (Lipinski definition) is 7. The summed E-state index contributed by atoms with van der Waals surface area (Å²) in [6.45, 7) is 0.386. The number of carboxylic acids is 1. The van der Waals surface area contributed by atoms with Gasteiger partial charge in [0.05, 0.1) is 6.04 Å². The van der Waals surface area contributed by atoms with Crippen LogP contribution in [0.2, 0.25) is 0 Å². The van der Waals surface area contributed by atoms with E-state index in [0.717, 1.165) is 5.56 Å². The summed E-state index contributed by atoms with van der Waals surface area (Å²) in [5.41, 5.74) is 18.5. The normalized spacial score (nSPS) is 13.7. The van der Waals surface area contributed by atoms with E-state index in [1.807, 2.05) is 30.3 Å². The highest BCUT2D eigenvalue weighted by Crippen LogP contribution is 2.08. The maximum atomic E-state index is 13.3. The molecule has 0 spiro atoms. The van der Waals surface area contributed by atoms with Crippen molar-refractivity contribution in [3.63, 3.8) is 0 Å². The highest BCUT2D eigenvalue weighted by molar-refractivity contribution is 5.94. The molecule has 2 aromatic rings. The average molecular weight is 569 g/mol. The Labute approximate surface area is 239 Å². The van der Waals surface area contributed by atoms with Crippen molar-refractivity contribution in [3.05, 3.63) is 71.8 Å². The van der Waals surface area contributed by atoms with Gasteiger partial charge in [-0.15, -0.1) is 0 Å². The zero-order valence-electron chi connectivity index (χ0n) is 23.0. The summed E-state index contributed by atoms with van der Waals surface area (Å²) in [4.78, 5) is 62.7. The van der Waals surface area contributed by atoms with E-state index in [4.69, 9.17) is 17.2 Å². The van der Waals surface area contributed by atoms with E-state index in [2.05, 4.69) is 16.0 Å². The maximum Gasteiger partial charge on any atom is 0.326 e. The van der Waals surface area contributed by atoms with Crippen LogP contribution in [0.5, 0.6) is 0 Å². The van der Waals surface area contributed by atoms with Crippen molar-refractivity contribution in [1.29, 1.82) is 0 Å². The van der Waals surface area contributed by atoms with Crippen LogP contribution in [0.15, 0.2) is 60.7 Å². The molecule has 0 aromatic heterocycles. The molecule has 4 atom stereocenters. The molecule has 2 rings (SSSR count). The largest absolute Gasteiger partial charge is 0.480 e. The predicted molar refractivity (Wildman–Crippen MR) is 153 cm³/mol. The Hall–Kier alpha value is -4.29. The van der Waals surface area contributed by atoms with Crippen molar-refractivity contribution in [1.82, 2.24) is 16.0 Å². The van der Waals surface area contributed by atoms with E-state index in [0.29, 0.717) is 24.9 Å². The van der Waals surface area contributed by atoms with E-state index < -0.39 is 53.8 Å². The summed E-state index contributed by atoms with van der Waals surface area (Å²) in [7, 11) is 0. The summed E-state index contributed by atoms with van der Waals surface area (Å²) in [5.74, 6) is -3.98. The van der Waals surface area contributed by atoms with Gasteiger partial charge in [-0.1, -0.05) is 60.7 Å². The molecule has 0 heterocycles. The fourth-order valence-corrected chi connectivity index (χ4v) is 4.15.